The van der Waals surface area contributed by atoms with Gasteiger partial charge in [-0.3, -0.25) is 14.5 Å². The molecule has 3 heterocycles. The number of thiol groups is 1. The van der Waals surface area contributed by atoms with Crippen LogP contribution in [-0.4, -0.2) is 85.1 Å². The third-order valence-electron chi connectivity index (χ3n) is 6.04. The van der Waals surface area contributed by atoms with E-state index in [0.717, 1.165) is 57.4 Å². The van der Waals surface area contributed by atoms with Gasteiger partial charge in [-0.05, 0) is 24.6 Å². The van der Waals surface area contributed by atoms with Crippen LogP contribution in [0.2, 0.25) is 0 Å². The molecule has 0 spiro atoms. The number of nitrogens with one attached hydrogen (secondary N) is 2. The van der Waals surface area contributed by atoms with E-state index in [9.17, 15) is 9.59 Å². The van der Waals surface area contributed by atoms with Gasteiger partial charge in [-0.2, -0.15) is 0 Å². The molecule has 37 heavy (non-hydrogen) atoms. The van der Waals surface area contributed by atoms with Gasteiger partial charge in [0.05, 0.1) is 25.3 Å². The summed E-state index contributed by atoms with van der Waals surface area (Å²) in [5.41, 5.74) is 2.54. The molecule has 3 aromatic rings. The maximum Gasteiger partial charge on any atom is 0.204 e. The summed E-state index contributed by atoms with van der Waals surface area (Å²) >= 11 is 4.38. The van der Waals surface area contributed by atoms with Crippen LogP contribution in [0.5, 0.6) is 5.75 Å². The molecule has 1 aliphatic rings. The van der Waals surface area contributed by atoms with E-state index < -0.39 is 0 Å². The first kappa shape index (κ1) is 26.6. The van der Waals surface area contributed by atoms with Gasteiger partial charge in [0.1, 0.15) is 23.4 Å². The highest BCUT2D eigenvalue weighted by atomic mass is 32.1. The molecule has 11 heteroatoms. The molecule has 1 fully saturated rings. The molecule has 0 amide bonds. The number of carbonyl (C=O) groups excluding carboxylic acids is 2. The van der Waals surface area contributed by atoms with Crippen molar-refractivity contribution in [2.24, 2.45) is 0 Å². The third kappa shape index (κ3) is 6.88. The Morgan fingerprint density at radius 1 is 1.14 bits per heavy atom. The summed E-state index contributed by atoms with van der Waals surface area (Å²) in [6, 6.07) is 5.21. The Morgan fingerprint density at radius 3 is 2.68 bits per heavy atom. The molecule has 1 aromatic carbocycles. The van der Waals surface area contributed by atoms with Crippen LogP contribution in [0.3, 0.4) is 0 Å². The van der Waals surface area contributed by atoms with E-state index in [4.69, 9.17) is 9.47 Å². The van der Waals surface area contributed by atoms with Gasteiger partial charge in [0.2, 0.25) is 5.95 Å². The van der Waals surface area contributed by atoms with E-state index in [0.29, 0.717) is 58.8 Å². The number of allylic oxidation sites excluding steroid dienone is 1. The normalized spacial score (nSPS) is 14.2. The third-order valence-corrected chi connectivity index (χ3v) is 6.38. The van der Waals surface area contributed by atoms with Crippen molar-refractivity contribution in [1.82, 2.24) is 19.4 Å². The summed E-state index contributed by atoms with van der Waals surface area (Å²) in [7, 11) is 1.81. The maximum atomic E-state index is 11.6. The van der Waals surface area contributed by atoms with Gasteiger partial charge in [0.25, 0.3) is 0 Å². The van der Waals surface area contributed by atoms with Gasteiger partial charge in [-0.15, -0.1) is 12.6 Å². The molecule has 10 nitrogen and oxygen atoms in total. The van der Waals surface area contributed by atoms with Gasteiger partial charge in [0, 0.05) is 62.0 Å². The van der Waals surface area contributed by atoms with Gasteiger partial charge >= 0.3 is 0 Å². The van der Waals surface area contributed by atoms with Crippen molar-refractivity contribution in [3.05, 3.63) is 47.7 Å². The number of carbonyl (C=O) groups is 2. The Hall–Kier alpha value is -3.41. The van der Waals surface area contributed by atoms with Crippen molar-refractivity contribution in [1.29, 1.82) is 0 Å². The molecule has 196 valence electrons. The molecular formula is C26H32N6O4S. The lowest BCUT2D eigenvalue weighted by Gasteiger charge is -2.26. The van der Waals surface area contributed by atoms with E-state index in [2.05, 4.69) is 38.1 Å². The summed E-state index contributed by atoms with van der Waals surface area (Å²) in [6.07, 6.45) is 7.94. The fraction of sp³-hybridized carbons (Fsp3) is 0.385. The molecule has 1 aliphatic heterocycles. The zero-order valence-corrected chi connectivity index (χ0v) is 21.7. The van der Waals surface area contributed by atoms with Crippen molar-refractivity contribution >= 4 is 48.0 Å². The molecule has 4 rings (SSSR count). The average Bonchev–Trinajstić information content (AvgIpc) is 3.29. The molecule has 2 aromatic heterocycles. The molecule has 0 saturated carbocycles. The number of rotatable bonds is 13. The van der Waals surface area contributed by atoms with Crippen LogP contribution in [0.4, 0.5) is 11.8 Å². The molecule has 2 N–H and O–H groups in total. The summed E-state index contributed by atoms with van der Waals surface area (Å²) in [4.78, 5) is 34.3. The number of benzene rings is 1. The molecule has 0 unspecified atom stereocenters. The van der Waals surface area contributed by atoms with Crippen molar-refractivity contribution in [2.45, 2.75) is 17.9 Å². The van der Waals surface area contributed by atoms with E-state index in [-0.39, 0.29) is 0 Å². The number of nitrogens with zero attached hydrogens (tertiary/aromatic N) is 4. The second-order valence-electron chi connectivity index (χ2n) is 8.56. The predicted octanol–water partition coefficient (Wildman–Crippen LogP) is 3.16. The lowest BCUT2D eigenvalue weighted by Crippen LogP contribution is -2.37. The highest BCUT2D eigenvalue weighted by Gasteiger charge is 2.16. The first-order chi connectivity index (χ1) is 18.1. The molecular weight excluding hydrogens is 492 g/mol. The smallest absolute Gasteiger partial charge is 0.204 e. The summed E-state index contributed by atoms with van der Waals surface area (Å²) in [6.45, 7) is 5.99. The highest BCUT2D eigenvalue weighted by Crippen LogP contribution is 2.30. The van der Waals surface area contributed by atoms with E-state index in [1.807, 2.05) is 23.8 Å². The SMILES string of the molecule is CNc1nc2cc(C=O)cc(OCCCN3CCOCC3)c2n1C/C=C/CNc1ncc(C=O)cc1S. The van der Waals surface area contributed by atoms with Crippen LogP contribution in [0.15, 0.2) is 41.4 Å². The number of hydrogen-bond acceptors (Lipinski definition) is 10. The molecule has 0 bridgehead atoms. The minimum absolute atomic E-state index is 0.481. The minimum Gasteiger partial charge on any atom is -0.491 e. The molecule has 0 radical (unpaired) electrons. The first-order valence-electron chi connectivity index (χ1n) is 12.3. The zero-order valence-electron chi connectivity index (χ0n) is 20.9. The Morgan fingerprint density at radius 2 is 1.95 bits per heavy atom. The standard InChI is InChI=1S/C26H32N6O4S/c1-27-26-30-21-13-19(17-33)14-22(36-10-4-6-31-8-11-35-12-9-31)24(21)32(26)7-3-2-5-28-25-23(37)15-20(18-34)16-29-25/h2-3,13-18,37H,4-12H2,1H3,(H,27,30)(H,28,29)/b3-2+. The average molecular weight is 525 g/mol. The summed E-state index contributed by atoms with van der Waals surface area (Å²) in [5, 5.41) is 6.33. The molecule has 1 saturated heterocycles. The van der Waals surface area contributed by atoms with E-state index in [1.54, 1.807) is 18.2 Å². The lowest BCUT2D eigenvalue weighted by molar-refractivity contribution is 0.0358. The monoisotopic (exact) mass is 524 g/mol. The highest BCUT2D eigenvalue weighted by molar-refractivity contribution is 7.80. The van der Waals surface area contributed by atoms with Gasteiger partial charge < -0.3 is 24.7 Å². The van der Waals surface area contributed by atoms with Crippen LogP contribution in [-0.2, 0) is 11.3 Å². The van der Waals surface area contributed by atoms with Crippen molar-refractivity contribution in [3.63, 3.8) is 0 Å². The number of aldehydes is 2. The van der Waals surface area contributed by atoms with Gasteiger partial charge in [-0.25, -0.2) is 9.97 Å². The van der Waals surface area contributed by atoms with Crippen LogP contribution in [0.25, 0.3) is 11.0 Å². The maximum absolute atomic E-state index is 11.6. The topological polar surface area (TPSA) is 111 Å². The zero-order chi connectivity index (χ0) is 26.0. The van der Waals surface area contributed by atoms with Crippen LogP contribution >= 0.6 is 12.6 Å². The fourth-order valence-electron chi connectivity index (χ4n) is 4.18. The second-order valence-corrected chi connectivity index (χ2v) is 9.05. The van der Waals surface area contributed by atoms with Crippen LogP contribution < -0.4 is 15.4 Å². The predicted molar refractivity (Wildman–Crippen MR) is 147 cm³/mol. The number of anilines is 2. The van der Waals surface area contributed by atoms with Crippen molar-refractivity contribution < 1.29 is 19.1 Å². The largest absolute Gasteiger partial charge is 0.491 e. The quantitative estimate of drug-likeness (QED) is 0.134. The number of ether oxygens (including phenoxy) is 2. The van der Waals surface area contributed by atoms with E-state index >= 15 is 0 Å². The lowest BCUT2D eigenvalue weighted by atomic mass is 10.2. The van der Waals surface area contributed by atoms with Gasteiger partial charge in [-0.1, -0.05) is 12.2 Å². The molecule has 0 aliphatic carbocycles. The number of fused-ring (bicyclic) bond motifs is 1. The second kappa shape index (κ2) is 13.2. The fourth-order valence-corrected chi connectivity index (χ4v) is 4.47. The summed E-state index contributed by atoms with van der Waals surface area (Å²) < 4.78 is 13.6. The number of morpholine rings is 1. The molecule has 0 atom stereocenters. The van der Waals surface area contributed by atoms with Crippen LogP contribution in [0, 0.1) is 0 Å². The number of hydrogen-bond donors (Lipinski definition) is 3. The van der Waals surface area contributed by atoms with Gasteiger partial charge in [0.15, 0.2) is 6.29 Å². The number of pyridine rings is 1. The van der Waals surface area contributed by atoms with E-state index in [1.165, 1.54) is 6.20 Å². The van der Waals surface area contributed by atoms with Crippen molar-refractivity contribution in [2.75, 3.05) is 63.7 Å². The Balaban J connectivity index is 1.44. The Labute approximate surface area is 221 Å². The summed E-state index contributed by atoms with van der Waals surface area (Å²) in [5.74, 6) is 1.93. The number of imidazole rings is 1. The van der Waals surface area contributed by atoms with Crippen molar-refractivity contribution in [3.8, 4) is 5.75 Å². The minimum atomic E-state index is 0.481. The Bertz CT molecular complexity index is 1260. The Kier molecular flexibility index (Phi) is 9.52. The first-order valence-corrected chi connectivity index (χ1v) is 12.7. The van der Waals surface area contributed by atoms with Crippen LogP contribution in [0.1, 0.15) is 27.1 Å². The number of aromatic nitrogens is 3.